The Morgan fingerprint density at radius 2 is 1.83 bits per heavy atom. The van der Waals surface area contributed by atoms with Gasteiger partial charge in [-0.15, -0.1) is 0 Å². The van der Waals surface area contributed by atoms with Crippen molar-refractivity contribution in [3.8, 4) is 0 Å². The molecule has 1 fully saturated rings. The summed E-state index contributed by atoms with van der Waals surface area (Å²) in [6.07, 6.45) is 0.351. The highest BCUT2D eigenvalue weighted by Crippen LogP contribution is 2.18. The Morgan fingerprint density at radius 1 is 1.17 bits per heavy atom. The smallest absolute Gasteiger partial charge is 0.228 e. The van der Waals surface area contributed by atoms with Crippen LogP contribution in [0.4, 0.5) is 10.1 Å². The van der Waals surface area contributed by atoms with E-state index in [0.29, 0.717) is 31.7 Å². The highest BCUT2D eigenvalue weighted by Gasteiger charge is 2.29. The number of carbonyl (C=O) groups excluding carboxylic acids is 2. The first kappa shape index (κ1) is 18.4. The fraction of sp³-hybridized carbons (Fsp3) is 0.556. The van der Waals surface area contributed by atoms with Crippen LogP contribution in [0.15, 0.2) is 24.3 Å². The van der Waals surface area contributed by atoms with Crippen LogP contribution >= 0.6 is 0 Å². The molecule has 1 aromatic rings. The fourth-order valence-corrected chi connectivity index (χ4v) is 2.70. The van der Waals surface area contributed by atoms with Crippen molar-refractivity contribution in [3.05, 3.63) is 30.1 Å². The van der Waals surface area contributed by atoms with Crippen molar-refractivity contribution in [2.45, 2.75) is 27.2 Å². The summed E-state index contributed by atoms with van der Waals surface area (Å²) in [5.41, 5.74) is 0.119. The monoisotopic (exact) mass is 335 g/mol. The van der Waals surface area contributed by atoms with Crippen LogP contribution in [-0.4, -0.2) is 54.3 Å². The zero-order valence-corrected chi connectivity index (χ0v) is 14.6. The summed E-state index contributed by atoms with van der Waals surface area (Å²) in [5.74, 6) is -0.327. The number of anilines is 1. The lowest BCUT2D eigenvalue weighted by Crippen LogP contribution is -2.51. The molecule has 2 rings (SSSR count). The lowest BCUT2D eigenvalue weighted by atomic mass is 9.94. The molecule has 0 radical (unpaired) electrons. The van der Waals surface area contributed by atoms with E-state index < -0.39 is 0 Å². The Hall–Kier alpha value is -1.95. The molecule has 1 aliphatic heterocycles. The van der Waals surface area contributed by atoms with Gasteiger partial charge in [0.25, 0.3) is 0 Å². The third-order valence-electron chi connectivity index (χ3n) is 4.06. The van der Waals surface area contributed by atoms with Gasteiger partial charge in [0, 0.05) is 50.2 Å². The molecular weight excluding hydrogens is 309 g/mol. The average Bonchev–Trinajstić information content (AvgIpc) is 2.52. The third kappa shape index (κ3) is 5.30. The molecule has 0 atom stereocenters. The molecule has 5 nitrogen and oxygen atoms in total. The second-order valence-electron chi connectivity index (χ2n) is 7.19. The fourth-order valence-electron chi connectivity index (χ4n) is 2.70. The summed E-state index contributed by atoms with van der Waals surface area (Å²) in [4.78, 5) is 28.3. The first-order valence-corrected chi connectivity index (χ1v) is 8.33. The number of hydrogen-bond acceptors (Lipinski definition) is 3. The summed E-state index contributed by atoms with van der Waals surface area (Å²) >= 11 is 0. The van der Waals surface area contributed by atoms with E-state index in [0.717, 1.165) is 13.1 Å². The van der Waals surface area contributed by atoms with Crippen LogP contribution in [-0.2, 0) is 9.59 Å². The van der Waals surface area contributed by atoms with Gasteiger partial charge in [-0.25, -0.2) is 4.39 Å². The molecule has 1 aliphatic rings. The number of rotatable bonds is 4. The standard InChI is InChI=1S/C18H26FN3O2/c1-18(2,3)17(24)22-11-9-21(10-12-22)8-7-16(23)20-15-6-4-5-14(19)13-15/h4-6,13H,7-12H2,1-3H3,(H,20,23). The Bertz CT molecular complexity index is 590. The van der Waals surface area contributed by atoms with E-state index >= 15 is 0 Å². The third-order valence-corrected chi connectivity index (χ3v) is 4.06. The number of benzene rings is 1. The van der Waals surface area contributed by atoms with Crippen LogP contribution in [0.3, 0.4) is 0 Å². The number of nitrogens with one attached hydrogen (secondary N) is 1. The summed E-state index contributed by atoms with van der Waals surface area (Å²) in [6, 6.07) is 5.87. The summed E-state index contributed by atoms with van der Waals surface area (Å²) < 4.78 is 13.1. The van der Waals surface area contributed by atoms with Gasteiger partial charge in [-0.2, -0.15) is 0 Å². The molecule has 0 unspecified atom stereocenters. The molecule has 1 saturated heterocycles. The van der Waals surface area contributed by atoms with Gasteiger partial charge in [0.1, 0.15) is 5.82 Å². The quantitative estimate of drug-likeness (QED) is 0.919. The van der Waals surface area contributed by atoms with Crippen molar-refractivity contribution >= 4 is 17.5 Å². The number of halogens is 1. The molecule has 0 bridgehead atoms. The minimum absolute atomic E-state index is 0.131. The zero-order valence-electron chi connectivity index (χ0n) is 14.6. The van der Waals surface area contributed by atoms with E-state index in [2.05, 4.69) is 10.2 Å². The van der Waals surface area contributed by atoms with E-state index in [1.165, 1.54) is 12.1 Å². The number of piperazine rings is 1. The minimum atomic E-state index is -0.368. The van der Waals surface area contributed by atoms with Gasteiger partial charge in [-0.1, -0.05) is 26.8 Å². The van der Waals surface area contributed by atoms with E-state index in [1.54, 1.807) is 12.1 Å². The van der Waals surface area contributed by atoms with Crippen molar-refractivity contribution in [2.24, 2.45) is 5.41 Å². The van der Waals surface area contributed by atoms with Crippen LogP contribution in [0.5, 0.6) is 0 Å². The van der Waals surface area contributed by atoms with Crippen molar-refractivity contribution in [1.29, 1.82) is 0 Å². The van der Waals surface area contributed by atoms with Gasteiger partial charge in [0.15, 0.2) is 0 Å². The van der Waals surface area contributed by atoms with E-state index in [4.69, 9.17) is 0 Å². The summed E-state index contributed by atoms with van der Waals surface area (Å²) in [7, 11) is 0. The largest absolute Gasteiger partial charge is 0.340 e. The first-order chi connectivity index (χ1) is 11.3. The Balaban J connectivity index is 1.72. The molecule has 0 spiro atoms. The predicted octanol–water partition coefficient (Wildman–Crippen LogP) is 2.34. The van der Waals surface area contributed by atoms with E-state index in [-0.39, 0.29) is 23.0 Å². The minimum Gasteiger partial charge on any atom is -0.340 e. The predicted molar refractivity (Wildman–Crippen MR) is 92.1 cm³/mol. The van der Waals surface area contributed by atoms with Gasteiger partial charge in [-0.05, 0) is 18.2 Å². The summed E-state index contributed by atoms with van der Waals surface area (Å²) in [5, 5.41) is 2.70. The second-order valence-corrected chi connectivity index (χ2v) is 7.19. The molecule has 24 heavy (non-hydrogen) atoms. The molecule has 1 heterocycles. The Kier molecular flexibility index (Phi) is 5.94. The SMILES string of the molecule is CC(C)(C)C(=O)N1CCN(CCC(=O)Nc2cccc(F)c2)CC1. The van der Waals surface area contributed by atoms with Crippen LogP contribution in [0.2, 0.25) is 0 Å². The van der Waals surface area contributed by atoms with Gasteiger partial charge >= 0.3 is 0 Å². The highest BCUT2D eigenvalue weighted by atomic mass is 19.1. The molecule has 0 saturated carbocycles. The molecule has 6 heteroatoms. The number of carbonyl (C=O) groups is 2. The molecule has 1 N–H and O–H groups in total. The van der Waals surface area contributed by atoms with Crippen molar-refractivity contribution in [1.82, 2.24) is 9.80 Å². The van der Waals surface area contributed by atoms with Crippen molar-refractivity contribution in [3.63, 3.8) is 0 Å². The molecule has 0 aliphatic carbocycles. The maximum atomic E-state index is 13.1. The van der Waals surface area contributed by atoms with E-state index in [1.807, 2.05) is 25.7 Å². The van der Waals surface area contributed by atoms with Gasteiger partial charge in [-0.3, -0.25) is 14.5 Å². The van der Waals surface area contributed by atoms with Crippen LogP contribution in [0, 0.1) is 11.2 Å². The molecule has 1 aromatic carbocycles. The molecular formula is C18H26FN3O2. The number of amides is 2. The van der Waals surface area contributed by atoms with Gasteiger partial charge < -0.3 is 10.2 Å². The van der Waals surface area contributed by atoms with Crippen LogP contribution in [0.25, 0.3) is 0 Å². The number of hydrogen-bond donors (Lipinski definition) is 1. The average molecular weight is 335 g/mol. The topological polar surface area (TPSA) is 52.7 Å². The molecule has 132 valence electrons. The van der Waals surface area contributed by atoms with Gasteiger partial charge in [0.05, 0.1) is 0 Å². The normalized spacial score (nSPS) is 16.1. The van der Waals surface area contributed by atoms with Crippen LogP contribution in [0.1, 0.15) is 27.2 Å². The zero-order chi connectivity index (χ0) is 17.7. The van der Waals surface area contributed by atoms with Crippen molar-refractivity contribution < 1.29 is 14.0 Å². The number of nitrogens with zero attached hydrogens (tertiary/aromatic N) is 2. The molecule has 2 amide bonds. The lowest BCUT2D eigenvalue weighted by Gasteiger charge is -2.37. The van der Waals surface area contributed by atoms with E-state index in [9.17, 15) is 14.0 Å². The Labute approximate surface area is 142 Å². The Morgan fingerprint density at radius 3 is 2.42 bits per heavy atom. The first-order valence-electron chi connectivity index (χ1n) is 8.33. The lowest BCUT2D eigenvalue weighted by molar-refractivity contribution is -0.141. The second kappa shape index (κ2) is 7.75. The molecule has 0 aromatic heterocycles. The van der Waals surface area contributed by atoms with Crippen LogP contribution < -0.4 is 5.32 Å². The van der Waals surface area contributed by atoms with Gasteiger partial charge in [0.2, 0.25) is 11.8 Å². The highest BCUT2D eigenvalue weighted by molar-refractivity contribution is 5.90. The maximum absolute atomic E-state index is 13.1. The maximum Gasteiger partial charge on any atom is 0.228 e. The van der Waals surface area contributed by atoms with Crippen molar-refractivity contribution in [2.75, 3.05) is 38.0 Å². The summed E-state index contributed by atoms with van der Waals surface area (Å²) in [6.45, 7) is 9.36.